The van der Waals surface area contributed by atoms with E-state index in [1.54, 1.807) is 13.8 Å². The lowest BCUT2D eigenvalue weighted by Crippen LogP contribution is -2.19. The van der Waals surface area contributed by atoms with Crippen LogP contribution >= 0.6 is 0 Å². The Labute approximate surface area is 65.9 Å². The Morgan fingerprint density at radius 2 is 2.45 bits per heavy atom. The average Bonchev–Trinajstić information content (AvgIpc) is 2.01. The van der Waals surface area contributed by atoms with Crippen molar-refractivity contribution < 1.29 is 9.53 Å². The first-order chi connectivity index (χ1) is 5.20. The van der Waals surface area contributed by atoms with Gasteiger partial charge in [0.1, 0.15) is 0 Å². The third kappa shape index (κ3) is 5.14. The predicted molar refractivity (Wildman–Crippen MR) is 43.5 cm³/mol. The Hall–Kier alpha value is -1.32. The minimum atomic E-state index is -0.548. The number of hydrazone groups is 1. The SMILES string of the molecule is C=C/C(C)=N/NC(=O)OCC. The van der Waals surface area contributed by atoms with Crippen molar-refractivity contribution in [2.75, 3.05) is 6.61 Å². The molecule has 0 aliphatic carbocycles. The van der Waals surface area contributed by atoms with Crippen molar-refractivity contribution in [1.82, 2.24) is 5.43 Å². The van der Waals surface area contributed by atoms with Gasteiger partial charge in [0.15, 0.2) is 0 Å². The molecule has 4 heteroatoms. The van der Waals surface area contributed by atoms with Crippen LogP contribution in [0.5, 0.6) is 0 Å². The molecule has 0 radical (unpaired) electrons. The molecule has 0 saturated heterocycles. The molecule has 11 heavy (non-hydrogen) atoms. The van der Waals surface area contributed by atoms with E-state index in [4.69, 9.17) is 0 Å². The summed E-state index contributed by atoms with van der Waals surface area (Å²) in [5.74, 6) is 0. The molecule has 4 nitrogen and oxygen atoms in total. The minimum absolute atomic E-state index is 0.342. The van der Waals surface area contributed by atoms with Crippen molar-refractivity contribution >= 4 is 11.8 Å². The number of carbonyl (C=O) groups excluding carboxylic acids is 1. The summed E-state index contributed by atoms with van der Waals surface area (Å²) < 4.78 is 4.55. The highest BCUT2D eigenvalue weighted by atomic mass is 16.5. The van der Waals surface area contributed by atoms with Gasteiger partial charge in [-0.2, -0.15) is 5.10 Å². The van der Waals surface area contributed by atoms with Crippen LogP contribution in [0.15, 0.2) is 17.8 Å². The maximum atomic E-state index is 10.6. The zero-order chi connectivity index (χ0) is 8.69. The van der Waals surface area contributed by atoms with Gasteiger partial charge in [-0.05, 0) is 19.9 Å². The number of amides is 1. The molecule has 0 unspecified atom stereocenters. The van der Waals surface area contributed by atoms with Crippen LogP contribution in [0.2, 0.25) is 0 Å². The molecule has 0 aromatic heterocycles. The molecule has 0 aliphatic rings. The molecule has 1 N–H and O–H groups in total. The number of hydrogen-bond acceptors (Lipinski definition) is 3. The summed E-state index contributed by atoms with van der Waals surface area (Å²) in [5.41, 5.74) is 2.83. The van der Waals surface area contributed by atoms with Crippen LogP contribution < -0.4 is 5.43 Å². The van der Waals surface area contributed by atoms with E-state index in [0.717, 1.165) is 0 Å². The molecular formula is C7H12N2O2. The molecule has 0 aliphatic heterocycles. The number of nitrogens with one attached hydrogen (secondary N) is 1. The second-order valence-corrected chi connectivity index (χ2v) is 1.79. The number of hydrogen-bond donors (Lipinski definition) is 1. The second-order valence-electron chi connectivity index (χ2n) is 1.79. The minimum Gasteiger partial charge on any atom is -0.449 e. The Balaban J connectivity index is 3.68. The highest BCUT2D eigenvalue weighted by Gasteiger charge is 1.95. The van der Waals surface area contributed by atoms with Crippen LogP contribution in [-0.4, -0.2) is 18.4 Å². The van der Waals surface area contributed by atoms with Crippen LogP contribution in [0.3, 0.4) is 0 Å². The molecular weight excluding hydrogens is 144 g/mol. The topological polar surface area (TPSA) is 50.7 Å². The van der Waals surface area contributed by atoms with E-state index in [1.807, 2.05) is 0 Å². The molecule has 62 valence electrons. The van der Waals surface area contributed by atoms with Crippen LogP contribution in [0, 0.1) is 0 Å². The van der Waals surface area contributed by atoms with Gasteiger partial charge in [-0.15, -0.1) is 0 Å². The van der Waals surface area contributed by atoms with Crippen LogP contribution in [-0.2, 0) is 4.74 Å². The zero-order valence-electron chi connectivity index (χ0n) is 6.76. The number of allylic oxidation sites excluding steroid dienone is 1. The average molecular weight is 156 g/mol. The third-order valence-corrected chi connectivity index (χ3v) is 0.894. The molecule has 0 rings (SSSR count). The first-order valence-corrected chi connectivity index (χ1v) is 3.30. The molecule has 1 amide bonds. The molecule has 0 heterocycles. The summed E-state index contributed by atoms with van der Waals surface area (Å²) in [6.07, 6.45) is 0.986. The zero-order valence-corrected chi connectivity index (χ0v) is 6.76. The summed E-state index contributed by atoms with van der Waals surface area (Å²) in [6.45, 7) is 7.25. The van der Waals surface area contributed by atoms with Crippen molar-refractivity contribution in [2.45, 2.75) is 13.8 Å². The first-order valence-electron chi connectivity index (χ1n) is 3.30. The first kappa shape index (κ1) is 9.68. The lowest BCUT2D eigenvalue weighted by molar-refractivity contribution is 0.152. The van der Waals surface area contributed by atoms with E-state index in [2.05, 4.69) is 21.8 Å². The molecule has 0 fully saturated rings. The van der Waals surface area contributed by atoms with E-state index in [-0.39, 0.29) is 0 Å². The Kier molecular flexibility index (Phi) is 4.81. The monoisotopic (exact) mass is 156 g/mol. The second kappa shape index (κ2) is 5.46. The maximum absolute atomic E-state index is 10.6. The normalized spacial score (nSPS) is 10.5. The van der Waals surface area contributed by atoms with Crippen LogP contribution in [0.25, 0.3) is 0 Å². The van der Waals surface area contributed by atoms with Gasteiger partial charge in [0.2, 0.25) is 0 Å². The summed E-state index contributed by atoms with van der Waals surface area (Å²) in [5, 5.41) is 3.64. The third-order valence-electron chi connectivity index (χ3n) is 0.894. The van der Waals surface area contributed by atoms with Gasteiger partial charge in [0.25, 0.3) is 0 Å². The molecule has 0 aromatic carbocycles. The maximum Gasteiger partial charge on any atom is 0.427 e. The summed E-state index contributed by atoms with van der Waals surface area (Å²) in [4.78, 5) is 10.6. The van der Waals surface area contributed by atoms with Crippen molar-refractivity contribution in [3.63, 3.8) is 0 Å². The Morgan fingerprint density at radius 1 is 1.82 bits per heavy atom. The quantitative estimate of drug-likeness (QED) is 0.494. The highest BCUT2D eigenvalue weighted by molar-refractivity contribution is 5.92. The molecule has 0 saturated carbocycles. The standard InChI is InChI=1S/C7H12N2O2/c1-4-6(3)8-9-7(10)11-5-2/h4H,1,5H2,2-3H3,(H,9,10)/b8-6+. The van der Waals surface area contributed by atoms with E-state index in [0.29, 0.717) is 12.3 Å². The predicted octanol–water partition coefficient (Wildman–Crippen LogP) is 1.29. The van der Waals surface area contributed by atoms with Gasteiger partial charge in [0.05, 0.1) is 12.3 Å². The lowest BCUT2D eigenvalue weighted by Gasteiger charge is -1.98. The fourth-order valence-electron chi connectivity index (χ4n) is 0.343. The van der Waals surface area contributed by atoms with Gasteiger partial charge < -0.3 is 4.74 Å². The fourth-order valence-corrected chi connectivity index (χ4v) is 0.343. The van der Waals surface area contributed by atoms with Crippen molar-refractivity contribution in [3.8, 4) is 0 Å². The fraction of sp³-hybridized carbons (Fsp3) is 0.429. The molecule has 0 bridgehead atoms. The number of ether oxygens (including phenoxy) is 1. The van der Waals surface area contributed by atoms with Crippen molar-refractivity contribution in [1.29, 1.82) is 0 Å². The van der Waals surface area contributed by atoms with E-state index < -0.39 is 6.09 Å². The molecule has 0 spiro atoms. The summed E-state index contributed by atoms with van der Waals surface area (Å²) in [6, 6.07) is 0. The lowest BCUT2D eigenvalue weighted by atomic mass is 10.4. The Bertz CT molecular complexity index is 175. The summed E-state index contributed by atoms with van der Waals surface area (Å²) >= 11 is 0. The largest absolute Gasteiger partial charge is 0.449 e. The highest BCUT2D eigenvalue weighted by Crippen LogP contribution is 1.78. The van der Waals surface area contributed by atoms with Crippen LogP contribution in [0.1, 0.15) is 13.8 Å². The van der Waals surface area contributed by atoms with Gasteiger partial charge >= 0.3 is 6.09 Å². The van der Waals surface area contributed by atoms with Gasteiger partial charge in [-0.25, -0.2) is 10.2 Å². The smallest absolute Gasteiger partial charge is 0.427 e. The molecule has 0 aromatic rings. The number of carbonyl (C=O) groups is 1. The van der Waals surface area contributed by atoms with Crippen molar-refractivity contribution in [2.24, 2.45) is 5.10 Å². The summed E-state index contributed by atoms with van der Waals surface area (Å²) in [7, 11) is 0. The van der Waals surface area contributed by atoms with E-state index >= 15 is 0 Å². The molecule has 0 atom stereocenters. The Morgan fingerprint density at radius 3 is 2.91 bits per heavy atom. The van der Waals surface area contributed by atoms with E-state index in [1.165, 1.54) is 6.08 Å². The van der Waals surface area contributed by atoms with Crippen molar-refractivity contribution in [3.05, 3.63) is 12.7 Å². The van der Waals surface area contributed by atoms with Gasteiger partial charge in [0, 0.05) is 0 Å². The van der Waals surface area contributed by atoms with Crippen LogP contribution in [0.4, 0.5) is 4.79 Å². The number of nitrogens with zero attached hydrogens (tertiary/aromatic N) is 1. The van der Waals surface area contributed by atoms with Gasteiger partial charge in [-0.3, -0.25) is 0 Å². The van der Waals surface area contributed by atoms with Gasteiger partial charge in [-0.1, -0.05) is 6.58 Å². The van der Waals surface area contributed by atoms with E-state index in [9.17, 15) is 4.79 Å². The number of rotatable bonds is 3.